The summed E-state index contributed by atoms with van der Waals surface area (Å²) in [6.07, 6.45) is 2.28. The van der Waals surface area contributed by atoms with Gasteiger partial charge in [0, 0.05) is 48.2 Å². The van der Waals surface area contributed by atoms with Crippen LogP contribution >= 0.6 is 11.8 Å². The molecule has 0 spiro atoms. The average Bonchev–Trinajstić information content (AvgIpc) is 2.68. The molecule has 2 aliphatic rings. The maximum atomic E-state index is 12.3. The molecule has 29 heavy (non-hydrogen) atoms. The predicted octanol–water partition coefficient (Wildman–Crippen LogP) is 4.10. The van der Waals surface area contributed by atoms with Crippen molar-refractivity contribution in [3.8, 4) is 5.75 Å². The van der Waals surface area contributed by atoms with Crippen molar-refractivity contribution in [2.45, 2.75) is 57.5 Å². The maximum absolute atomic E-state index is 12.3. The summed E-state index contributed by atoms with van der Waals surface area (Å²) in [5, 5.41) is 1.09. The quantitative estimate of drug-likeness (QED) is 0.798. The fourth-order valence-corrected chi connectivity index (χ4v) is 4.92. The second-order valence-electron chi connectivity index (χ2n) is 8.71. The highest BCUT2D eigenvalue weighted by Crippen LogP contribution is 2.30. The number of carbonyl (C=O) groups excluding carboxylic acids is 1. The van der Waals surface area contributed by atoms with E-state index in [0.717, 1.165) is 58.5 Å². The first kappa shape index (κ1) is 20.1. The molecule has 2 aliphatic heterocycles. The third kappa shape index (κ3) is 4.55. The minimum absolute atomic E-state index is 0.0304. The Hall–Kier alpha value is -2.15. The van der Waals surface area contributed by atoms with Crippen LogP contribution in [0.15, 0.2) is 23.0 Å². The molecule has 1 saturated heterocycles. The fraction of sp³-hybridized carbons (Fsp3) is 0.545. The molecule has 1 aromatic heterocycles. The number of ether oxygens (including phenoxy) is 2. The third-order valence-electron chi connectivity index (χ3n) is 5.34. The predicted molar refractivity (Wildman–Crippen MR) is 116 cm³/mol. The van der Waals surface area contributed by atoms with Gasteiger partial charge in [-0.25, -0.2) is 4.79 Å². The second kappa shape index (κ2) is 7.94. The van der Waals surface area contributed by atoms with Crippen molar-refractivity contribution in [3.63, 3.8) is 0 Å². The fourth-order valence-electron chi connectivity index (χ4n) is 3.91. The number of H-pyrrole nitrogens is 1. The Bertz CT molecular complexity index is 971. The van der Waals surface area contributed by atoms with Crippen molar-refractivity contribution < 1.29 is 14.3 Å². The highest BCUT2D eigenvalue weighted by Gasteiger charge is 2.27. The molecule has 1 N–H and O–H groups in total. The zero-order valence-corrected chi connectivity index (χ0v) is 18.1. The number of hydrogen-bond donors (Lipinski definition) is 1. The minimum Gasteiger partial charge on any atom is -0.490 e. The molecule has 1 fully saturated rings. The monoisotopic (exact) mass is 416 g/mol. The highest BCUT2D eigenvalue weighted by atomic mass is 32.2. The van der Waals surface area contributed by atoms with E-state index in [9.17, 15) is 9.59 Å². The number of aryl methyl sites for hydroxylation is 1. The first-order chi connectivity index (χ1) is 13.8. The van der Waals surface area contributed by atoms with Crippen LogP contribution in [0.4, 0.5) is 4.79 Å². The molecule has 1 amide bonds. The number of nitrogens with zero attached hydrogens (tertiary/aromatic N) is 1. The maximum Gasteiger partial charge on any atom is 0.410 e. The standard InChI is InChI=1S/C22H28N2O4S/c1-22(2,3)28-21(26)24-9-6-14(7-10-24)27-15-4-5-19-17(12-15)16-8-11-29-13-18(16)20(25)23-19/h4-5,12,14H,6-11,13H2,1-3H3,(H,23,25). The van der Waals surface area contributed by atoms with E-state index in [0.29, 0.717) is 13.1 Å². The van der Waals surface area contributed by atoms with Crippen molar-refractivity contribution in [1.29, 1.82) is 0 Å². The molecule has 3 heterocycles. The Morgan fingerprint density at radius 2 is 1.97 bits per heavy atom. The van der Waals surface area contributed by atoms with E-state index in [-0.39, 0.29) is 17.8 Å². The van der Waals surface area contributed by atoms with Crippen LogP contribution in [-0.4, -0.2) is 46.5 Å². The number of thioether (sulfide) groups is 1. The number of hydrogen-bond acceptors (Lipinski definition) is 5. The van der Waals surface area contributed by atoms with Crippen molar-refractivity contribution in [2.75, 3.05) is 18.8 Å². The lowest BCUT2D eigenvalue weighted by molar-refractivity contribution is 0.0127. The zero-order chi connectivity index (χ0) is 20.6. The second-order valence-corrected chi connectivity index (χ2v) is 9.81. The lowest BCUT2D eigenvalue weighted by Gasteiger charge is -2.33. The number of likely N-dealkylation sites (tertiary alicyclic amines) is 1. The molecule has 0 unspecified atom stereocenters. The number of aromatic amines is 1. The van der Waals surface area contributed by atoms with E-state index < -0.39 is 5.60 Å². The van der Waals surface area contributed by atoms with Gasteiger partial charge >= 0.3 is 6.09 Å². The van der Waals surface area contributed by atoms with E-state index >= 15 is 0 Å². The van der Waals surface area contributed by atoms with E-state index in [1.807, 2.05) is 32.9 Å². The number of nitrogens with one attached hydrogen (secondary N) is 1. The van der Waals surface area contributed by atoms with Crippen LogP contribution in [0.25, 0.3) is 10.9 Å². The summed E-state index contributed by atoms with van der Waals surface area (Å²) < 4.78 is 11.7. The number of amides is 1. The summed E-state index contributed by atoms with van der Waals surface area (Å²) in [4.78, 5) is 29.3. The van der Waals surface area contributed by atoms with Crippen molar-refractivity contribution in [3.05, 3.63) is 39.7 Å². The Labute approximate surface area is 174 Å². The van der Waals surface area contributed by atoms with Crippen LogP contribution in [0.3, 0.4) is 0 Å². The largest absolute Gasteiger partial charge is 0.490 e. The Balaban J connectivity index is 1.45. The number of fused-ring (bicyclic) bond motifs is 3. The van der Waals surface area contributed by atoms with Crippen LogP contribution in [0, 0.1) is 0 Å². The first-order valence-corrected chi connectivity index (χ1v) is 11.4. The highest BCUT2D eigenvalue weighted by molar-refractivity contribution is 7.98. The minimum atomic E-state index is -0.478. The van der Waals surface area contributed by atoms with E-state index in [1.165, 1.54) is 0 Å². The average molecular weight is 417 g/mol. The number of benzene rings is 1. The summed E-state index contributed by atoms with van der Waals surface area (Å²) in [7, 11) is 0. The van der Waals surface area contributed by atoms with Crippen molar-refractivity contribution in [1.82, 2.24) is 9.88 Å². The molecular formula is C22H28N2O4S. The summed E-state index contributed by atoms with van der Waals surface area (Å²) in [5.41, 5.74) is 2.48. The molecule has 0 saturated carbocycles. The molecule has 0 bridgehead atoms. The molecule has 1 aromatic carbocycles. The zero-order valence-electron chi connectivity index (χ0n) is 17.2. The Morgan fingerprint density at radius 3 is 2.69 bits per heavy atom. The van der Waals surface area contributed by atoms with Crippen LogP contribution in [-0.2, 0) is 16.9 Å². The van der Waals surface area contributed by atoms with Gasteiger partial charge in [-0.1, -0.05) is 0 Å². The molecule has 4 rings (SSSR count). The van der Waals surface area contributed by atoms with E-state index in [2.05, 4.69) is 11.1 Å². The van der Waals surface area contributed by atoms with E-state index in [1.54, 1.807) is 16.7 Å². The summed E-state index contributed by atoms with van der Waals surface area (Å²) in [5.74, 6) is 2.63. The number of aromatic nitrogens is 1. The lowest BCUT2D eigenvalue weighted by atomic mass is 10.0. The van der Waals surface area contributed by atoms with Crippen LogP contribution in [0.2, 0.25) is 0 Å². The molecule has 7 heteroatoms. The normalized spacial score (nSPS) is 17.8. The Kier molecular flexibility index (Phi) is 5.51. The van der Waals surface area contributed by atoms with Gasteiger partial charge in [-0.3, -0.25) is 4.79 Å². The SMILES string of the molecule is CC(C)(C)OC(=O)N1CCC(Oc2ccc3[nH]c(=O)c4c(c3c2)CCSC4)CC1. The van der Waals surface area contributed by atoms with Crippen LogP contribution in [0.5, 0.6) is 5.75 Å². The molecular weight excluding hydrogens is 388 g/mol. The van der Waals surface area contributed by atoms with Gasteiger partial charge in [0.05, 0.1) is 0 Å². The molecule has 156 valence electrons. The topological polar surface area (TPSA) is 71.6 Å². The number of carbonyl (C=O) groups is 1. The molecule has 6 nitrogen and oxygen atoms in total. The van der Waals surface area contributed by atoms with Gasteiger partial charge in [0.25, 0.3) is 5.56 Å². The van der Waals surface area contributed by atoms with Gasteiger partial charge in [0.2, 0.25) is 0 Å². The van der Waals surface area contributed by atoms with Crippen molar-refractivity contribution in [2.24, 2.45) is 0 Å². The van der Waals surface area contributed by atoms with Crippen molar-refractivity contribution >= 4 is 28.8 Å². The van der Waals surface area contributed by atoms with Gasteiger partial charge in [0.15, 0.2) is 0 Å². The third-order valence-corrected chi connectivity index (χ3v) is 6.33. The van der Waals surface area contributed by atoms with Gasteiger partial charge in [-0.05, 0) is 56.7 Å². The smallest absolute Gasteiger partial charge is 0.410 e. The summed E-state index contributed by atoms with van der Waals surface area (Å²) in [6, 6.07) is 5.91. The summed E-state index contributed by atoms with van der Waals surface area (Å²) >= 11 is 1.81. The molecule has 0 radical (unpaired) electrons. The van der Waals surface area contributed by atoms with Gasteiger partial charge < -0.3 is 19.4 Å². The number of pyridine rings is 1. The van der Waals surface area contributed by atoms with Crippen LogP contribution < -0.4 is 10.3 Å². The molecule has 0 aliphatic carbocycles. The van der Waals surface area contributed by atoms with Gasteiger partial charge in [0.1, 0.15) is 17.5 Å². The molecule has 0 atom stereocenters. The first-order valence-electron chi connectivity index (χ1n) is 10.2. The van der Waals surface area contributed by atoms with Crippen LogP contribution in [0.1, 0.15) is 44.7 Å². The Morgan fingerprint density at radius 1 is 1.21 bits per heavy atom. The number of rotatable bonds is 2. The van der Waals surface area contributed by atoms with Gasteiger partial charge in [-0.2, -0.15) is 11.8 Å². The summed E-state index contributed by atoms with van der Waals surface area (Å²) in [6.45, 7) is 6.90. The lowest BCUT2D eigenvalue weighted by Crippen LogP contribution is -2.44. The van der Waals surface area contributed by atoms with Gasteiger partial charge in [-0.15, -0.1) is 0 Å². The molecule has 2 aromatic rings. The van der Waals surface area contributed by atoms with E-state index in [4.69, 9.17) is 9.47 Å². The number of piperidine rings is 1.